The predicted octanol–water partition coefficient (Wildman–Crippen LogP) is 0.862. The van der Waals surface area contributed by atoms with Crippen LogP contribution in [0.15, 0.2) is 4.99 Å². The number of amides is 1. The van der Waals surface area contributed by atoms with E-state index in [1.807, 2.05) is 11.8 Å². The van der Waals surface area contributed by atoms with Crippen LogP contribution in [0.3, 0.4) is 0 Å². The highest BCUT2D eigenvalue weighted by Gasteiger charge is 2.20. The smallest absolute Gasteiger partial charge is 0.231 e. The summed E-state index contributed by atoms with van der Waals surface area (Å²) < 4.78 is 0. The molecule has 1 fully saturated rings. The third-order valence-electron chi connectivity index (χ3n) is 3.43. The van der Waals surface area contributed by atoms with E-state index in [2.05, 4.69) is 33.7 Å². The number of primary amides is 1. The second-order valence-electron chi connectivity index (χ2n) is 5.27. The van der Waals surface area contributed by atoms with Crippen molar-refractivity contribution < 1.29 is 4.79 Å². The van der Waals surface area contributed by atoms with Crippen molar-refractivity contribution in [2.75, 3.05) is 44.7 Å². The third kappa shape index (κ3) is 9.73. The Morgan fingerprint density at radius 2 is 2.09 bits per heavy atom. The number of piperidine rings is 1. The zero-order valence-corrected chi connectivity index (χ0v) is 16.8. The lowest BCUT2D eigenvalue weighted by atomic mass is 10.1. The van der Waals surface area contributed by atoms with Crippen LogP contribution >= 0.6 is 35.7 Å². The van der Waals surface area contributed by atoms with Gasteiger partial charge in [-0.05, 0) is 38.2 Å². The van der Waals surface area contributed by atoms with Gasteiger partial charge in [0.05, 0.1) is 6.54 Å². The number of hydrogen-bond donors (Lipinski definition) is 3. The molecule has 4 N–H and O–H groups in total. The van der Waals surface area contributed by atoms with Gasteiger partial charge in [0.1, 0.15) is 0 Å². The Hall–Kier alpha value is -0.220. The topological polar surface area (TPSA) is 82.8 Å². The lowest BCUT2D eigenvalue weighted by molar-refractivity contribution is -0.119. The number of nitrogens with one attached hydrogen (secondary N) is 2. The Balaban J connectivity index is 0.00000441. The van der Waals surface area contributed by atoms with Crippen LogP contribution in [0.4, 0.5) is 0 Å². The lowest BCUT2D eigenvalue weighted by Gasteiger charge is -2.32. The fourth-order valence-electron chi connectivity index (χ4n) is 2.37. The van der Waals surface area contributed by atoms with Gasteiger partial charge >= 0.3 is 0 Å². The highest BCUT2D eigenvalue weighted by atomic mass is 127. The molecule has 0 radical (unpaired) electrons. The van der Waals surface area contributed by atoms with Gasteiger partial charge in [-0.3, -0.25) is 14.7 Å². The van der Waals surface area contributed by atoms with Gasteiger partial charge in [0.25, 0.3) is 0 Å². The number of nitrogens with zero attached hydrogens (tertiary/aromatic N) is 2. The van der Waals surface area contributed by atoms with Gasteiger partial charge in [0.15, 0.2) is 5.96 Å². The summed E-state index contributed by atoms with van der Waals surface area (Å²) in [7, 11) is 0. The van der Waals surface area contributed by atoms with Gasteiger partial charge in [-0.2, -0.15) is 11.8 Å². The molecule has 1 amide bonds. The summed E-state index contributed by atoms with van der Waals surface area (Å²) in [6.07, 6.45) is 5.26. The number of aliphatic imine (C=N–C) groups is 1. The van der Waals surface area contributed by atoms with Crippen LogP contribution in [-0.4, -0.2) is 67.5 Å². The lowest BCUT2D eigenvalue weighted by Crippen LogP contribution is -2.49. The summed E-state index contributed by atoms with van der Waals surface area (Å²) in [5.41, 5.74) is 5.23. The molecule has 1 heterocycles. The van der Waals surface area contributed by atoms with Crippen molar-refractivity contribution >= 4 is 47.6 Å². The molecule has 0 saturated carbocycles. The maximum absolute atomic E-state index is 10.9. The van der Waals surface area contributed by atoms with Gasteiger partial charge in [0, 0.05) is 32.2 Å². The molecule has 0 spiro atoms. The summed E-state index contributed by atoms with van der Waals surface area (Å²) in [5.74, 6) is 1.81. The number of thioether (sulfide) groups is 1. The fourth-order valence-corrected chi connectivity index (χ4v) is 2.79. The van der Waals surface area contributed by atoms with Crippen molar-refractivity contribution in [2.24, 2.45) is 10.7 Å². The standard InChI is InChI=1S/C14H29N5OS.HI/c1-3-16-14(17-7-4-10-21-2)18-12-5-8-19(9-6-12)11-13(15)20;/h12H,3-11H2,1-2H3,(H2,15,20)(H2,16,17,18);1H. The zero-order chi connectivity index (χ0) is 15.5. The molecule has 1 rings (SSSR count). The molecule has 0 aromatic heterocycles. The first-order valence-electron chi connectivity index (χ1n) is 7.70. The summed E-state index contributed by atoms with van der Waals surface area (Å²) in [4.78, 5) is 17.6. The van der Waals surface area contributed by atoms with E-state index in [4.69, 9.17) is 5.73 Å². The van der Waals surface area contributed by atoms with Crippen molar-refractivity contribution in [1.29, 1.82) is 0 Å². The molecule has 0 bridgehead atoms. The number of carbonyl (C=O) groups excluding carboxylic acids is 1. The maximum Gasteiger partial charge on any atom is 0.231 e. The van der Waals surface area contributed by atoms with Crippen LogP contribution < -0.4 is 16.4 Å². The van der Waals surface area contributed by atoms with Crippen LogP contribution in [0.1, 0.15) is 26.2 Å². The Bertz CT molecular complexity index is 335. The minimum atomic E-state index is -0.245. The van der Waals surface area contributed by atoms with Crippen molar-refractivity contribution in [3.05, 3.63) is 0 Å². The number of nitrogens with two attached hydrogens (primary N) is 1. The molecule has 0 unspecified atom stereocenters. The van der Waals surface area contributed by atoms with Gasteiger partial charge in [-0.25, -0.2) is 0 Å². The van der Waals surface area contributed by atoms with E-state index < -0.39 is 0 Å². The number of guanidine groups is 1. The number of carbonyl (C=O) groups is 1. The molecule has 8 heteroatoms. The van der Waals surface area contributed by atoms with Crippen molar-refractivity contribution in [3.8, 4) is 0 Å². The first kappa shape index (κ1) is 21.8. The third-order valence-corrected chi connectivity index (χ3v) is 4.13. The molecule has 1 aliphatic heterocycles. The quantitative estimate of drug-likeness (QED) is 0.224. The van der Waals surface area contributed by atoms with Gasteiger partial charge in [-0.1, -0.05) is 0 Å². The second-order valence-corrected chi connectivity index (χ2v) is 6.25. The highest BCUT2D eigenvalue weighted by molar-refractivity contribution is 14.0. The minimum absolute atomic E-state index is 0. The van der Waals surface area contributed by atoms with Gasteiger partial charge < -0.3 is 16.4 Å². The monoisotopic (exact) mass is 443 g/mol. The molecule has 1 saturated heterocycles. The van der Waals surface area contributed by atoms with Crippen molar-refractivity contribution in [1.82, 2.24) is 15.5 Å². The molecule has 0 aliphatic carbocycles. The number of likely N-dealkylation sites (tertiary alicyclic amines) is 1. The molecule has 0 aromatic carbocycles. The van der Waals surface area contributed by atoms with Crippen molar-refractivity contribution in [2.45, 2.75) is 32.2 Å². The Morgan fingerprint density at radius 3 is 2.64 bits per heavy atom. The largest absolute Gasteiger partial charge is 0.369 e. The van der Waals surface area contributed by atoms with Crippen LogP contribution in [0.25, 0.3) is 0 Å². The molecule has 0 aromatic rings. The van der Waals surface area contributed by atoms with Crippen LogP contribution in [0.5, 0.6) is 0 Å². The fraction of sp³-hybridized carbons (Fsp3) is 0.857. The first-order chi connectivity index (χ1) is 10.2. The Labute approximate surface area is 155 Å². The SMILES string of the molecule is CCNC(=NCCCSC)NC1CCN(CC(N)=O)CC1.I. The van der Waals surface area contributed by atoms with E-state index in [0.717, 1.165) is 57.2 Å². The highest BCUT2D eigenvalue weighted by Crippen LogP contribution is 2.09. The van der Waals surface area contributed by atoms with Crippen LogP contribution in [-0.2, 0) is 4.79 Å². The predicted molar refractivity (Wildman–Crippen MR) is 106 cm³/mol. The number of hydrogen-bond acceptors (Lipinski definition) is 4. The molecule has 130 valence electrons. The molecule has 6 nitrogen and oxygen atoms in total. The molecule has 0 atom stereocenters. The number of halogens is 1. The second kappa shape index (κ2) is 13.2. The Morgan fingerprint density at radius 1 is 1.41 bits per heavy atom. The number of rotatable bonds is 8. The van der Waals surface area contributed by atoms with Crippen LogP contribution in [0.2, 0.25) is 0 Å². The van der Waals surface area contributed by atoms with Crippen molar-refractivity contribution in [3.63, 3.8) is 0 Å². The van der Waals surface area contributed by atoms with E-state index in [1.54, 1.807) is 0 Å². The summed E-state index contributed by atoms with van der Waals surface area (Å²) >= 11 is 1.85. The normalized spacial score (nSPS) is 16.9. The average molecular weight is 443 g/mol. The zero-order valence-electron chi connectivity index (χ0n) is 13.6. The minimum Gasteiger partial charge on any atom is -0.369 e. The van der Waals surface area contributed by atoms with Gasteiger partial charge in [0.2, 0.25) is 5.91 Å². The maximum atomic E-state index is 10.9. The first-order valence-corrected chi connectivity index (χ1v) is 9.09. The summed E-state index contributed by atoms with van der Waals surface area (Å²) in [6, 6.07) is 0.424. The van der Waals surface area contributed by atoms with E-state index >= 15 is 0 Å². The molecular weight excluding hydrogens is 413 g/mol. The molecule has 1 aliphatic rings. The molecule has 22 heavy (non-hydrogen) atoms. The summed E-state index contributed by atoms with van der Waals surface area (Å²) in [5, 5.41) is 6.79. The summed E-state index contributed by atoms with van der Waals surface area (Å²) in [6.45, 7) is 5.99. The Kier molecular flexibility index (Phi) is 13.1. The van der Waals surface area contributed by atoms with Gasteiger partial charge in [-0.15, -0.1) is 24.0 Å². The van der Waals surface area contributed by atoms with E-state index in [9.17, 15) is 4.79 Å². The van der Waals surface area contributed by atoms with E-state index in [0.29, 0.717) is 12.6 Å². The van der Waals surface area contributed by atoms with E-state index in [-0.39, 0.29) is 29.9 Å². The van der Waals surface area contributed by atoms with Crippen LogP contribution in [0, 0.1) is 0 Å². The average Bonchev–Trinajstić information content (AvgIpc) is 2.45. The van der Waals surface area contributed by atoms with E-state index in [1.165, 1.54) is 0 Å². The molecular formula is C14H30IN5OS.